The summed E-state index contributed by atoms with van der Waals surface area (Å²) in [5.41, 5.74) is 0.508. The topological polar surface area (TPSA) is 63.2 Å². The van der Waals surface area contributed by atoms with E-state index in [9.17, 15) is 22.4 Å². The normalized spacial score (nSPS) is 27.3. The van der Waals surface area contributed by atoms with Gasteiger partial charge >= 0.3 is 12.6 Å². The van der Waals surface area contributed by atoms with Gasteiger partial charge in [-0.15, -0.1) is 0 Å². The van der Waals surface area contributed by atoms with Gasteiger partial charge in [0.1, 0.15) is 0 Å². The zero-order chi connectivity index (χ0) is 17.3. The van der Waals surface area contributed by atoms with Gasteiger partial charge in [-0.2, -0.15) is 8.78 Å². The first-order valence-corrected chi connectivity index (χ1v) is 7.65. The molecule has 9 heteroatoms. The van der Waals surface area contributed by atoms with Crippen LogP contribution in [0.15, 0.2) is 18.3 Å². The number of amides is 2. The Bertz CT molecular complexity index is 614. The fraction of sp³-hybridized carbons (Fsp3) is 0.600. The van der Waals surface area contributed by atoms with Crippen LogP contribution in [-0.4, -0.2) is 29.6 Å². The lowest BCUT2D eigenvalue weighted by Crippen LogP contribution is -2.48. The van der Waals surface area contributed by atoms with Crippen molar-refractivity contribution in [1.29, 1.82) is 0 Å². The summed E-state index contributed by atoms with van der Waals surface area (Å²) in [6, 6.07) is 1.72. The minimum Gasteiger partial charge on any atom is -0.417 e. The first-order chi connectivity index (χ1) is 11.3. The van der Waals surface area contributed by atoms with Gasteiger partial charge in [-0.3, -0.25) is 0 Å². The van der Waals surface area contributed by atoms with Gasteiger partial charge in [0.25, 0.3) is 5.92 Å². The maximum absolute atomic E-state index is 13.7. The van der Waals surface area contributed by atoms with Gasteiger partial charge in [0.15, 0.2) is 0 Å². The molecule has 0 saturated heterocycles. The zero-order valence-electron chi connectivity index (χ0n) is 12.6. The van der Waals surface area contributed by atoms with Crippen LogP contribution in [0.3, 0.4) is 0 Å². The van der Waals surface area contributed by atoms with E-state index >= 15 is 0 Å². The largest absolute Gasteiger partial charge is 0.417 e. The molecule has 0 aromatic carbocycles. The van der Waals surface area contributed by atoms with Crippen molar-refractivity contribution in [2.45, 2.75) is 44.4 Å². The van der Waals surface area contributed by atoms with E-state index in [2.05, 4.69) is 20.4 Å². The Morgan fingerprint density at radius 1 is 1.42 bits per heavy atom. The van der Waals surface area contributed by atoms with Crippen LogP contribution in [0.1, 0.15) is 24.8 Å². The highest BCUT2D eigenvalue weighted by molar-refractivity contribution is 5.74. The van der Waals surface area contributed by atoms with Crippen molar-refractivity contribution in [3.05, 3.63) is 23.9 Å². The molecule has 0 radical (unpaired) electrons. The summed E-state index contributed by atoms with van der Waals surface area (Å²) in [5, 5.41) is 5.11. The number of hydrogen-bond donors (Lipinski definition) is 2. The predicted octanol–water partition coefficient (Wildman–Crippen LogP) is 2.92. The van der Waals surface area contributed by atoms with Gasteiger partial charge in [0.2, 0.25) is 5.88 Å². The minimum atomic E-state index is -2.98. The Balaban J connectivity index is 1.50. The molecule has 2 saturated carbocycles. The molecule has 2 amide bonds. The lowest BCUT2D eigenvalue weighted by atomic mass is 9.92. The van der Waals surface area contributed by atoms with E-state index in [1.165, 1.54) is 18.3 Å². The van der Waals surface area contributed by atoms with E-state index in [4.69, 9.17) is 0 Å². The highest BCUT2D eigenvalue weighted by Gasteiger charge is 2.57. The van der Waals surface area contributed by atoms with Crippen molar-refractivity contribution < 1.29 is 27.1 Å². The molecule has 2 fully saturated rings. The average molecular weight is 347 g/mol. The molecule has 24 heavy (non-hydrogen) atoms. The lowest BCUT2D eigenvalue weighted by Gasteiger charge is -2.29. The van der Waals surface area contributed by atoms with Crippen molar-refractivity contribution >= 4 is 6.03 Å². The zero-order valence-corrected chi connectivity index (χ0v) is 12.6. The van der Waals surface area contributed by atoms with Crippen LogP contribution in [0.2, 0.25) is 0 Å². The van der Waals surface area contributed by atoms with Crippen LogP contribution in [-0.2, 0) is 6.54 Å². The molecule has 2 aliphatic carbocycles. The summed E-state index contributed by atoms with van der Waals surface area (Å²) < 4.78 is 55.8. The average Bonchev–Trinajstić information content (AvgIpc) is 3.00. The van der Waals surface area contributed by atoms with E-state index in [1.807, 2.05) is 0 Å². The third kappa shape index (κ3) is 3.70. The van der Waals surface area contributed by atoms with Crippen molar-refractivity contribution in [3.8, 4) is 5.88 Å². The second-order valence-corrected chi connectivity index (χ2v) is 6.22. The molecule has 1 aromatic rings. The summed E-state index contributed by atoms with van der Waals surface area (Å²) in [4.78, 5) is 15.5. The number of pyridine rings is 1. The number of fused-ring (bicyclic) bond motifs is 2. The summed E-state index contributed by atoms with van der Waals surface area (Å²) in [5.74, 6) is -3.81. The SMILES string of the molecule is O=C(NCc1ccnc(OC(F)F)c1)N[C@@H]1C[C@H]2C[C@@H]1C(F)(F)C2. The number of nitrogens with one attached hydrogen (secondary N) is 2. The molecule has 5 nitrogen and oxygen atoms in total. The number of rotatable bonds is 5. The van der Waals surface area contributed by atoms with Gasteiger partial charge < -0.3 is 15.4 Å². The van der Waals surface area contributed by atoms with Crippen LogP contribution < -0.4 is 15.4 Å². The number of hydrogen-bond acceptors (Lipinski definition) is 3. The van der Waals surface area contributed by atoms with Gasteiger partial charge in [0, 0.05) is 37.2 Å². The smallest absolute Gasteiger partial charge is 0.388 e. The first kappa shape index (κ1) is 16.8. The van der Waals surface area contributed by atoms with Crippen molar-refractivity contribution in [2.75, 3.05) is 0 Å². The monoisotopic (exact) mass is 347 g/mol. The quantitative estimate of drug-likeness (QED) is 0.805. The van der Waals surface area contributed by atoms with E-state index < -0.39 is 30.5 Å². The summed E-state index contributed by atoms with van der Waals surface area (Å²) >= 11 is 0. The van der Waals surface area contributed by atoms with E-state index in [-0.39, 0.29) is 24.8 Å². The Kier molecular flexibility index (Phi) is 4.51. The van der Waals surface area contributed by atoms with Gasteiger partial charge in [-0.1, -0.05) is 0 Å². The van der Waals surface area contributed by atoms with Crippen LogP contribution in [0.25, 0.3) is 0 Å². The molecular weight excluding hydrogens is 330 g/mol. The number of carbonyl (C=O) groups excluding carboxylic acids is 1. The molecule has 2 aliphatic rings. The fourth-order valence-corrected chi connectivity index (χ4v) is 3.59. The highest BCUT2D eigenvalue weighted by Crippen LogP contribution is 2.53. The number of alkyl halides is 4. The van der Waals surface area contributed by atoms with Gasteiger partial charge in [-0.05, 0) is 30.4 Å². The van der Waals surface area contributed by atoms with E-state index in [1.54, 1.807) is 0 Å². The van der Waals surface area contributed by atoms with Crippen LogP contribution >= 0.6 is 0 Å². The Morgan fingerprint density at radius 2 is 2.21 bits per heavy atom. The maximum atomic E-state index is 13.7. The van der Waals surface area contributed by atoms with Crippen molar-refractivity contribution in [1.82, 2.24) is 15.6 Å². The molecule has 0 unspecified atom stereocenters. The lowest BCUT2D eigenvalue weighted by molar-refractivity contribution is -0.0610. The molecule has 132 valence electrons. The predicted molar refractivity (Wildman–Crippen MR) is 75.8 cm³/mol. The van der Waals surface area contributed by atoms with Gasteiger partial charge in [0.05, 0.1) is 0 Å². The molecule has 1 heterocycles. The number of halogens is 4. The second-order valence-electron chi connectivity index (χ2n) is 6.22. The molecule has 1 aromatic heterocycles. The standard InChI is InChI=1S/C15H17F4N3O2/c16-13(17)24-12-5-8(1-2-20-12)7-21-14(23)22-11-4-9-3-10(11)15(18,19)6-9/h1-2,5,9-11,13H,3-4,6-7H2,(H2,21,22,23)/t9-,10+,11-/m1/s1. The first-order valence-electron chi connectivity index (χ1n) is 7.65. The highest BCUT2D eigenvalue weighted by atomic mass is 19.3. The van der Waals surface area contributed by atoms with Gasteiger partial charge in [-0.25, -0.2) is 18.6 Å². The molecular formula is C15H17F4N3O2. The maximum Gasteiger partial charge on any atom is 0.388 e. The number of aromatic nitrogens is 1. The van der Waals surface area contributed by atoms with Crippen LogP contribution in [0, 0.1) is 11.8 Å². The molecule has 0 aliphatic heterocycles. The Morgan fingerprint density at radius 3 is 2.88 bits per heavy atom. The van der Waals surface area contributed by atoms with Crippen LogP contribution in [0.5, 0.6) is 5.88 Å². The number of carbonyl (C=O) groups is 1. The van der Waals surface area contributed by atoms with E-state index in [0.29, 0.717) is 18.4 Å². The summed E-state index contributed by atoms with van der Waals surface area (Å²) in [6.07, 6.45) is 2.19. The summed E-state index contributed by atoms with van der Waals surface area (Å²) in [6.45, 7) is -2.94. The molecule has 0 spiro atoms. The van der Waals surface area contributed by atoms with Crippen molar-refractivity contribution in [2.24, 2.45) is 11.8 Å². The minimum absolute atomic E-state index is 0.0375. The van der Waals surface area contributed by atoms with E-state index in [0.717, 1.165) is 0 Å². The fourth-order valence-electron chi connectivity index (χ4n) is 3.59. The number of ether oxygens (including phenoxy) is 1. The Labute approximate surface area is 135 Å². The summed E-state index contributed by atoms with van der Waals surface area (Å²) in [7, 11) is 0. The van der Waals surface area contributed by atoms with Crippen molar-refractivity contribution in [3.63, 3.8) is 0 Å². The third-order valence-electron chi connectivity index (χ3n) is 4.54. The van der Waals surface area contributed by atoms with Crippen LogP contribution in [0.4, 0.5) is 22.4 Å². The number of nitrogens with zero attached hydrogens (tertiary/aromatic N) is 1. The third-order valence-corrected chi connectivity index (χ3v) is 4.54. The Hall–Kier alpha value is -2.06. The molecule has 3 rings (SSSR count). The molecule has 2 N–H and O–H groups in total. The second kappa shape index (κ2) is 6.45. The molecule has 2 bridgehead atoms. The number of urea groups is 1. The molecule has 3 atom stereocenters.